The SMILES string of the molecule is CN1C[C@H](c2ccc(OCc3ccccc3F)cc2)[C@@H]([N+](=O)[O-])[C@]12C(=O)Nc1ccccc12. The molecule has 0 radical (unpaired) electrons. The van der Waals surface area contributed by atoms with Crippen LogP contribution in [0.2, 0.25) is 0 Å². The van der Waals surface area contributed by atoms with Gasteiger partial charge < -0.3 is 10.1 Å². The van der Waals surface area contributed by atoms with Gasteiger partial charge >= 0.3 is 0 Å². The Morgan fingerprint density at radius 3 is 2.55 bits per heavy atom. The molecule has 3 aromatic rings. The highest BCUT2D eigenvalue weighted by Crippen LogP contribution is 2.51. The maximum absolute atomic E-state index is 13.8. The Hall–Kier alpha value is -3.78. The van der Waals surface area contributed by atoms with E-state index in [9.17, 15) is 19.3 Å². The molecule has 1 fully saturated rings. The molecule has 2 heterocycles. The zero-order chi connectivity index (χ0) is 23.2. The third kappa shape index (κ3) is 3.25. The number of benzene rings is 3. The summed E-state index contributed by atoms with van der Waals surface area (Å²) in [6.45, 7) is 0.429. The van der Waals surface area contributed by atoms with Crippen molar-refractivity contribution >= 4 is 11.6 Å². The molecule has 7 nitrogen and oxygen atoms in total. The number of hydrogen-bond acceptors (Lipinski definition) is 5. The van der Waals surface area contributed by atoms with Crippen LogP contribution in [0.4, 0.5) is 10.1 Å². The van der Waals surface area contributed by atoms with Crippen LogP contribution in [0.3, 0.4) is 0 Å². The first-order valence-corrected chi connectivity index (χ1v) is 10.6. The van der Waals surface area contributed by atoms with E-state index in [2.05, 4.69) is 5.32 Å². The van der Waals surface area contributed by atoms with Crippen LogP contribution < -0.4 is 10.1 Å². The van der Waals surface area contributed by atoms with Crippen LogP contribution in [0.1, 0.15) is 22.6 Å². The minimum atomic E-state index is -1.37. The average Bonchev–Trinajstić information content (AvgIpc) is 3.29. The smallest absolute Gasteiger partial charge is 0.256 e. The van der Waals surface area contributed by atoms with Crippen molar-refractivity contribution in [2.45, 2.75) is 24.1 Å². The number of rotatable bonds is 5. The molecule has 0 saturated carbocycles. The minimum Gasteiger partial charge on any atom is -0.489 e. The molecule has 33 heavy (non-hydrogen) atoms. The van der Waals surface area contributed by atoms with Gasteiger partial charge in [-0.2, -0.15) is 0 Å². The maximum atomic E-state index is 13.8. The molecule has 1 N–H and O–H groups in total. The van der Waals surface area contributed by atoms with Crippen molar-refractivity contribution in [3.8, 4) is 5.75 Å². The van der Waals surface area contributed by atoms with Crippen LogP contribution in [0.5, 0.6) is 5.75 Å². The highest BCUT2D eigenvalue weighted by molar-refractivity contribution is 6.06. The first-order valence-electron chi connectivity index (χ1n) is 10.6. The monoisotopic (exact) mass is 447 g/mol. The second kappa shape index (κ2) is 7.97. The van der Waals surface area contributed by atoms with E-state index < -0.39 is 17.5 Å². The lowest BCUT2D eigenvalue weighted by Crippen LogP contribution is -2.54. The molecule has 3 aromatic carbocycles. The topological polar surface area (TPSA) is 84.7 Å². The summed E-state index contributed by atoms with van der Waals surface area (Å²) in [6.07, 6.45) is 0. The second-order valence-electron chi connectivity index (χ2n) is 8.43. The Labute approximate surface area is 189 Å². The fraction of sp³-hybridized carbons (Fsp3) is 0.240. The summed E-state index contributed by atoms with van der Waals surface area (Å²) < 4.78 is 19.5. The van der Waals surface area contributed by atoms with E-state index in [1.165, 1.54) is 6.07 Å². The number of fused-ring (bicyclic) bond motifs is 2. The number of nitro groups is 1. The lowest BCUT2D eigenvalue weighted by atomic mass is 9.79. The van der Waals surface area contributed by atoms with E-state index in [4.69, 9.17) is 4.74 Å². The van der Waals surface area contributed by atoms with Gasteiger partial charge in [0.05, 0.1) is 5.92 Å². The summed E-state index contributed by atoms with van der Waals surface area (Å²) in [5.74, 6) is -0.676. The van der Waals surface area contributed by atoms with Crippen molar-refractivity contribution in [1.82, 2.24) is 4.90 Å². The van der Waals surface area contributed by atoms with E-state index in [0.717, 1.165) is 5.56 Å². The molecule has 2 aliphatic rings. The van der Waals surface area contributed by atoms with Crippen LogP contribution in [0.25, 0.3) is 0 Å². The lowest BCUT2D eigenvalue weighted by molar-refractivity contribution is -0.534. The molecule has 3 atom stereocenters. The minimum absolute atomic E-state index is 0.0791. The number of para-hydroxylation sites is 1. The van der Waals surface area contributed by atoms with E-state index in [1.807, 2.05) is 0 Å². The largest absolute Gasteiger partial charge is 0.489 e. The summed E-state index contributed by atoms with van der Waals surface area (Å²) in [4.78, 5) is 26.9. The number of halogens is 1. The van der Waals surface area contributed by atoms with Gasteiger partial charge in [-0.15, -0.1) is 0 Å². The van der Waals surface area contributed by atoms with Gasteiger partial charge in [0.15, 0.2) is 5.54 Å². The Bertz CT molecular complexity index is 1230. The third-order valence-electron chi connectivity index (χ3n) is 6.70. The van der Waals surface area contributed by atoms with Crippen LogP contribution in [0.15, 0.2) is 72.8 Å². The van der Waals surface area contributed by atoms with Crippen LogP contribution in [-0.2, 0) is 16.9 Å². The van der Waals surface area contributed by atoms with Gasteiger partial charge in [-0.1, -0.05) is 48.5 Å². The summed E-state index contributed by atoms with van der Waals surface area (Å²) in [7, 11) is 1.75. The van der Waals surface area contributed by atoms with Gasteiger partial charge in [0.2, 0.25) is 0 Å². The number of hydrogen-bond donors (Lipinski definition) is 1. The van der Waals surface area contributed by atoms with Crippen LogP contribution in [0, 0.1) is 15.9 Å². The van der Waals surface area contributed by atoms with Gasteiger partial charge in [-0.25, -0.2) is 4.39 Å². The number of ether oxygens (including phenoxy) is 1. The van der Waals surface area contributed by atoms with Crippen molar-refractivity contribution in [3.05, 3.63) is 105 Å². The molecule has 5 rings (SSSR count). The van der Waals surface area contributed by atoms with E-state index in [0.29, 0.717) is 29.1 Å². The molecule has 0 bridgehead atoms. The number of anilines is 1. The normalized spacial score (nSPS) is 24.0. The molecule has 0 aliphatic carbocycles. The Kier molecular flexibility index (Phi) is 5.09. The number of nitrogens with one attached hydrogen (secondary N) is 1. The van der Waals surface area contributed by atoms with Crippen molar-refractivity contribution in [1.29, 1.82) is 0 Å². The van der Waals surface area contributed by atoms with E-state index in [-0.39, 0.29) is 23.3 Å². The fourth-order valence-electron chi connectivity index (χ4n) is 5.17. The summed E-state index contributed by atoms with van der Waals surface area (Å²) >= 11 is 0. The highest BCUT2D eigenvalue weighted by Gasteiger charge is 2.68. The van der Waals surface area contributed by atoms with Crippen molar-refractivity contribution < 1.29 is 18.8 Å². The molecule has 1 saturated heterocycles. The number of nitrogens with zero attached hydrogens (tertiary/aromatic N) is 2. The number of likely N-dealkylation sites (tertiary alicyclic amines) is 1. The molecule has 0 unspecified atom stereocenters. The summed E-state index contributed by atoms with van der Waals surface area (Å²) in [5, 5.41) is 15.2. The zero-order valence-electron chi connectivity index (χ0n) is 17.9. The summed E-state index contributed by atoms with van der Waals surface area (Å²) in [5.41, 5.74) is 1.06. The van der Waals surface area contributed by atoms with Gasteiger partial charge in [0.25, 0.3) is 11.9 Å². The molecule has 2 aliphatic heterocycles. The molecule has 0 aromatic heterocycles. The fourth-order valence-corrected chi connectivity index (χ4v) is 5.17. The maximum Gasteiger partial charge on any atom is 0.256 e. The van der Waals surface area contributed by atoms with Crippen LogP contribution in [-0.4, -0.2) is 35.4 Å². The Morgan fingerprint density at radius 1 is 1.12 bits per heavy atom. The Balaban J connectivity index is 1.43. The number of likely N-dealkylation sites (N-methyl/N-ethyl adjacent to an activating group) is 1. The van der Waals surface area contributed by atoms with E-state index >= 15 is 0 Å². The van der Waals surface area contributed by atoms with Gasteiger partial charge in [0.1, 0.15) is 18.2 Å². The van der Waals surface area contributed by atoms with Gasteiger partial charge in [-0.05, 0) is 36.9 Å². The predicted molar refractivity (Wildman–Crippen MR) is 120 cm³/mol. The molecule has 1 amide bonds. The first-order chi connectivity index (χ1) is 15.9. The summed E-state index contributed by atoms with van der Waals surface area (Å²) in [6, 6.07) is 19.4. The van der Waals surface area contributed by atoms with Crippen molar-refractivity contribution in [2.75, 3.05) is 18.9 Å². The predicted octanol–water partition coefficient (Wildman–Crippen LogP) is 3.93. The number of amides is 1. The second-order valence-corrected chi connectivity index (χ2v) is 8.43. The Morgan fingerprint density at radius 2 is 1.82 bits per heavy atom. The van der Waals surface area contributed by atoms with Gasteiger partial charge in [0, 0.05) is 28.3 Å². The zero-order valence-corrected chi connectivity index (χ0v) is 17.9. The van der Waals surface area contributed by atoms with Crippen molar-refractivity contribution in [2.24, 2.45) is 0 Å². The average molecular weight is 447 g/mol. The quantitative estimate of drug-likeness (QED) is 0.473. The highest BCUT2D eigenvalue weighted by atomic mass is 19.1. The molecule has 8 heteroatoms. The molecule has 168 valence electrons. The molecule has 1 spiro atoms. The van der Waals surface area contributed by atoms with Gasteiger partial charge in [-0.3, -0.25) is 19.8 Å². The molecular formula is C25H22FN3O4. The number of carbonyl (C=O) groups excluding carboxylic acids is 1. The van der Waals surface area contributed by atoms with Crippen LogP contribution >= 0.6 is 0 Å². The standard InChI is InChI=1S/C25H22FN3O4/c1-28-14-19(16-10-12-18(13-11-16)33-15-17-6-2-4-8-21(17)26)23(29(31)32)25(28)20-7-3-5-9-22(20)27-24(25)30/h2-13,19,23H,14-15H2,1H3,(H,27,30)/t19-,23-,25-/m1/s1. The number of carbonyl (C=O) groups is 1. The third-order valence-corrected chi connectivity index (χ3v) is 6.70. The lowest BCUT2D eigenvalue weighted by Gasteiger charge is -2.30. The van der Waals surface area contributed by atoms with E-state index in [1.54, 1.807) is 78.7 Å². The molecular weight excluding hydrogens is 425 g/mol. The van der Waals surface area contributed by atoms with Crippen molar-refractivity contribution in [3.63, 3.8) is 0 Å². The first kappa shape index (κ1) is 21.1.